The summed E-state index contributed by atoms with van der Waals surface area (Å²) in [7, 11) is 6.09. The van der Waals surface area contributed by atoms with Crippen LogP contribution in [0.15, 0.2) is 52.1 Å². The number of rotatable bonds is 10. The molecule has 186 valence electrons. The van der Waals surface area contributed by atoms with E-state index in [1.807, 2.05) is 30.3 Å². The Morgan fingerprint density at radius 2 is 1.69 bits per heavy atom. The van der Waals surface area contributed by atoms with E-state index in [2.05, 4.69) is 10.3 Å². The van der Waals surface area contributed by atoms with Crippen molar-refractivity contribution in [1.29, 1.82) is 0 Å². The van der Waals surface area contributed by atoms with E-state index in [0.717, 1.165) is 5.56 Å². The van der Waals surface area contributed by atoms with Crippen molar-refractivity contribution in [3.8, 4) is 17.2 Å². The topological polar surface area (TPSA) is 141 Å². The van der Waals surface area contributed by atoms with E-state index in [0.29, 0.717) is 22.9 Å². The fourth-order valence-corrected chi connectivity index (χ4v) is 3.63. The minimum Gasteiger partial charge on any atom is -0.493 e. The van der Waals surface area contributed by atoms with Crippen molar-refractivity contribution in [3.05, 3.63) is 68.9 Å². The summed E-state index contributed by atoms with van der Waals surface area (Å²) in [6, 6.07) is 12.5. The molecule has 0 saturated carbocycles. The molecule has 0 bridgehead atoms. The van der Waals surface area contributed by atoms with Gasteiger partial charge in [0, 0.05) is 37.8 Å². The van der Waals surface area contributed by atoms with E-state index in [9.17, 15) is 14.4 Å². The van der Waals surface area contributed by atoms with E-state index in [-0.39, 0.29) is 36.9 Å². The van der Waals surface area contributed by atoms with E-state index >= 15 is 0 Å². The van der Waals surface area contributed by atoms with Gasteiger partial charge in [-0.2, -0.15) is 0 Å². The number of aromatic amines is 1. The first kappa shape index (κ1) is 25.2. The van der Waals surface area contributed by atoms with Crippen LogP contribution in [0, 0.1) is 0 Å². The molecule has 0 saturated heterocycles. The van der Waals surface area contributed by atoms with Gasteiger partial charge in [-0.15, -0.1) is 0 Å². The van der Waals surface area contributed by atoms with Gasteiger partial charge in [-0.05, 0) is 5.56 Å². The molecule has 0 unspecified atom stereocenters. The van der Waals surface area contributed by atoms with Crippen LogP contribution in [-0.4, -0.2) is 50.4 Å². The first-order valence-corrected chi connectivity index (χ1v) is 10.8. The monoisotopic (exact) mass is 483 g/mol. The maximum atomic E-state index is 12.6. The van der Waals surface area contributed by atoms with Crippen LogP contribution in [-0.2, 0) is 11.3 Å². The molecule has 1 aromatic heterocycles. The van der Waals surface area contributed by atoms with Crippen LogP contribution in [0.25, 0.3) is 0 Å². The highest BCUT2D eigenvalue weighted by Gasteiger charge is 2.18. The highest BCUT2D eigenvalue weighted by molar-refractivity contribution is 5.92. The Morgan fingerprint density at radius 3 is 2.26 bits per heavy atom. The van der Waals surface area contributed by atoms with Crippen LogP contribution in [0.4, 0.5) is 17.2 Å². The molecule has 3 rings (SSSR count). The van der Waals surface area contributed by atoms with Gasteiger partial charge in [0.25, 0.3) is 5.56 Å². The number of carbonyl (C=O) groups excluding carboxylic acids is 1. The number of amides is 1. The number of nitrogens with zero attached hydrogens (tertiary/aromatic N) is 2. The molecule has 2 aromatic carbocycles. The number of carbonyl (C=O) groups is 1. The second-order valence-corrected chi connectivity index (χ2v) is 7.70. The molecule has 35 heavy (non-hydrogen) atoms. The lowest BCUT2D eigenvalue weighted by atomic mass is 10.2. The average Bonchev–Trinajstić information content (AvgIpc) is 2.85. The molecular weight excluding hydrogens is 454 g/mol. The third-order valence-corrected chi connectivity index (χ3v) is 5.40. The van der Waals surface area contributed by atoms with Gasteiger partial charge < -0.3 is 30.2 Å². The van der Waals surface area contributed by atoms with Crippen LogP contribution in [0.2, 0.25) is 0 Å². The third kappa shape index (κ3) is 5.75. The summed E-state index contributed by atoms with van der Waals surface area (Å²) >= 11 is 0. The van der Waals surface area contributed by atoms with Gasteiger partial charge in [-0.1, -0.05) is 30.3 Å². The first-order valence-electron chi connectivity index (χ1n) is 10.8. The number of hydrogen-bond donors (Lipinski definition) is 3. The summed E-state index contributed by atoms with van der Waals surface area (Å²) in [5, 5.41) is 2.78. The normalized spacial score (nSPS) is 10.5. The number of nitrogens with one attached hydrogen (secondary N) is 2. The maximum Gasteiger partial charge on any atom is 0.330 e. The van der Waals surface area contributed by atoms with Gasteiger partial charge in [0.2, 0.25) is 11.7 Å². The Labute approximate surface area is 202 Å². The zero-order valence-electron chi connectivity index (χ0n) is 20.1. The molecule has 3 aromatic rings. The van der Waals surface area contributed by atoms with Crippen LogP contribution in [0.3, 0.4) is 0 Å². The number of nitrogen functional groups attached to an aromatic ring is 1. The van der Waals surface area contributed by atoms with Crippen molar-refractivity contribution in [1.82, 2.24) is 9.55 Å². The molecule has 0 aliphatic heterocycles. The highest BCUT2D eigenvalue weighted by atomic mass is 16.5. The molecule has 0 atom stereocenters. The van der Waals surface area contributed by atoms with Gasteiger partial charge in [0.05, 0.1) is 27.9 Å². The largest absolute Gasteiger partial charge is 0.493 e. The van der Waals surface area contributed by atoms with Gasteiger partial charge >= 0.3 is 5.69 Å². The zero-order chi connectivity index (χ0) is 25.5. The molecule has 1 amide bonds. The predicted molar refractivity (Wildman–Crippen MR) is 134 cm³/mol. The van der Waals surface area contributed by atoms with Crippen LogP contribution >= 0.6 is 0 Å². The molecule has 0 aliphatic rings. The molecule has 0 radical (unpaired) electrons. The second kappa shape index (κ2) is 11.1. The van der Waals surface area contributed by atoms with Crippen molar-refractivity contribution in [2.45, 2.75) is 13.0 Å². The summed E-state index contributed by atoms with van der Waals surface area (Å²) in [5.41, 5.74) is 6.42. The molecule has 0 spiro atoms. The van der Waals surface area contributed by atoms with Crippen molar-refractivity contribution in [3.63, 3.8) is 0 Å². The Kier molecular flexibility index (Phi) is 8.03. The summed E-state index contributed by atoms with van der Waals surface area (Å²) in [6.07, 6.45) is 0.0455. The number of methoxy groups -OCH3 is 3. The third-order valence-electron chi connectivity index (χ3n) is 5.40. The van der Waals surface area contributed by atoms with Crippen LogP contribution in [0.1, 0.15) is 12.0 Å². The number of hydrogen-bond acceptors (Lipinski definition) is 8. The highest BCUT2D eigenvalue weighted by Crippen LogP contribution is 2.39. The number of aromatic nitrogens is 2. The number of nitrogens with two attached hydrogens (primary N) is 1. The van der Waals surface area contributed by atoms with Gasteiger partial charge in [-0.3, -0.25) is 19.1 Å². The van der Waals surface area contributed by atoms with Gasteiger partial charge in [0.1, 0.15) is 11.5 Å². The lowest BCUT2D eigenvalue weighted by molar-refractivity contribution is -0.116. The zero-order valence-corrected chi connectivity index (χ0v) is 20.1. The molecule has 0 fully saturated rings. The number of ether oxygens (including phenoxy) is 3. The fraction of sp³-hybridized carbons (Fsp3) is 0.292. The Balaban J connectivity index is 1.74. The molecule has 1 heterocycles. The molecule has 11 nitrogen and oxygen atoms in total. The van der Waals surface area contributed by atoms with Crippen molar-refractivity contribution < 1.29 is 19.0 Å². The lowest BCUT2D eigenvalue weighted by Gasteiger charge is -2.22. The van der Waals surface area contributed by atoms with Crippen molar-refractivity contribution in [2.75, 3.05) is 50.9 Å². The van der Waals surface area contributed by atoms with Gasteiger partial charge in [0.15, 0.2) is 11.5 Å². The Bertz CT molecular complexity index is 1280. The number of anilines is 3. The van der Waals surface area contributed by atoms with Crippen LogP contribution in [0.5, 0.6) is 17.2 Å². The number of benzene rings is 2. The number of H-pyrrole nitrogens is 1. The lowest BCUT2D eigenvalue weighted by Crippen LogP contribution is -2.38. The molecular formula is C24H29N5O6. The smallest absolute Gasteiger partial charge is 0.330 e. The minimum absolute atomic E-state index is 0.0233. The van der Waals surface area contributed by atoms with E-state index in [1.165, 1.54) is 25.9 Å². The standard InChI is InChI=1S/C24H29N5O6/c1-28(11-10-19(30)26-16-12-17(33-2)21(35-4)18(13-16)34-3)20-22(25)29(24(32)27-23(20)31)14-15-8-6-5-7-9-15/h5-9,12-13H,10-11,14,25H2,1-4H3,(H,26,30)(H,27,31,32). The van der Waals surface area contributed by atoms with E-state index in [1.54, 1.807) is 24.1 Å². The van der Waals surface area contributed by atoms with E-state index < -0.39 is 11.2 Å². The summed E-state index contributed by atoms with van der Waals surface area (Å²) in [5.74, 6) is 0.931. The Hall–Kier alpha value is -4.41. The first-order chi connectivity index (χ1) is 16.8. The summed E-state index contributed by atoms with van der Waals surface area (Å²) < 4.78 is 17.2. The maximum absolute atomic E-state index is 12.6. The minimum atomic E-state index is -0.621. The van der Waals surface area contributed by atoms with Crippen molar-refractivity contribution >= 4 is 23.1 Å². The van der Waals surface area contributed by atoms with Gasteiger partial charge in [-0.25, -0.2) is 4.79 Å². The SMILES string of the molecule is COc1cc(NC(=O)CCN(C)c2c(N)n(Cc3ccccc3)c(=O)[nH]c2=O)cc(OC)c1OC. The second-order valence-electron chi connectivity index (χ2n) is 7.70. The molecule has 11 heteroatoms. The van der Waals surface area contributed by atoms with E-state index in [4.69, 9.17) is 19.9 Å². The Morgan fingerprint density at radius 1 is 1.06 bits per heavy atom. The average molecular weight is 484 g/mol. The summed E-state index contributed by atoms with van der Waals surface area (Å²) in [6.45, 7) is 0.373. The predicted octanol–water partition coefficient (Wildman–Crippen LogP) is 1.66. The fourth-order valence-electron chi connectivity index (χ4n) is 3.63. The summed E-state index contributed by atoms with van der Waals surface area (Å²) in [4.78, 5) is 41.3. The van der Waals surface area contributed by atoms with Crippen molar-refractivity contribution in [2.24, 2.45) is 0 Å². The molecule has 0 aliphatic carbocycles. The quantitative estimate of drug-likeness (QED) is 0.395. The van der Waals surface area contributed by atoms with Crippen LogP contribution < -0.4 is 41.4 Å². The molecule has 4 N–H and O–H groups in total.